The Morgan fingerprint density at radius 1 is 1.19 bits per heavy atom. The molecule has 0 saturated heterocycles. The van der Waals surface area contributed by atoms with Crippen LogP contribution in [0.4, 0.5) is 0 Å². The van der Waals surface area contributed by atoms with Crippen LogP contribution in [0, 0.1) is 23.2 Å². The highest BCUT2D eigenvalue weighted by atomic mass is 16.5. The summed E-state index contributed by atoms with van der Waals surface area (Å²) in [6.45, 7) is 7.20. The predicted octanol–water partition coefficient (Wildman–Crippen LogP) is 4.57. The average Bonchev–Trinajstić information content (AvgIpc) is 3.00. The Hall–Kier alpha value is -2.87. The summed E-state index contributed by atoms with van der Waals surface area (Å²) in [5.41, 5.74) is 3.12. The van der Waals surface area contributed by atoms with Crippen molar-refractivity contribution in [2.24, 2.45) is 18.9 Å². The molecule has 0 radical (unpaired) electrons. The quantitative estimate of drug-likeness (QED) is 0.654. The van der Waals surface area contributed by atoms with E-state index in [0.717, 1.165) is 28.7 Å². The molecular weight excluding hydrogens is 324 g/mol. The van der Waals surface area contributed by atoms with Gasteiger partial charge in [0.2, 0.25) is 0 Å². The third kappa shape index (κ3) is 3.70. The van der Waals surface area contributed by atoms with E-state index in [4.69, 9.17) is 4.74 Å². The second kappa shape index (κ2) is 7.57. The van der Waals surface area contributed by atoms with Crippen molar-refractivity contribution in [2.75, 3.05) is 6.61 Å². The molecule has 26 heavy (non-hydrogen) atoms. The maximum Gasteiger partial charge on any atom is 0.143 e. The van der Waals surface area contributed by atoms with Crippen molar-refractivity contribution in [1.82, 2.24) is 14.5 Å². The molecule has 1 atom stereocenters. The number of ether oxygens (including phenoxy) is 1. The first-order valence-electron chi connectivity index (χ1n) is 8.93. The number of aromatic nitrogens is 3. The summed E-state index contributed by atoms with van der Waals surface area (Å²) in [7, 11) is 1.95. The molecule has 3 aromatic rings. The fourth-order valence-corrected chi connectivity index (χ4v) is 3.30. The molecule has 5 nitrogen and oxygen atoms in total. The van der Waals surface area contributed by atoms with E-state index < -0.39 is 0 Å². The smallest absolute Gasteiger partial charge is 0.143 e. The van der Waals surface area contributed by atoms with E-state index >= 15 is 0 Å². The summed E-state index contributed by atoms with van der Waals surface area (Å²) in [4.78, 5) is 8.75. The molecule has 134 valence electrons. The summed E-state index contributed by atoms with van der Waals surface area (Å²) in [6, 6.07) is 9.91. The van der Waals surface area contributed by atoms with Crippen LogP contribution in [0.15, 0.2) is 36.8 Å². The van der Waals surface area contributed by atoms with Gasteiger partial charge in [-0.05, 0) is 42.5 Å². The van der Waals surface area contributed by atoms with Crippen LogP contribution in [0.25, 0.3) is 22.3 Å². The lowest BCUT2D eigenvalue weighted by atomic mass is 10.00. The summed E-state index contributed by atoms with van der Waals surface area (Å²) in [5, 5.41) is 10.5. The van der Waals surface area contributed by atoms with Crippen molar-refractivity contribution in [3.63, 3.8) is 0 Å². The lowest BCUT2D eigenvalue weighted by molar-refractivity contribution is 0.238. The summed E-state index contributed by atoms with van der Waals surface area (Å²) >= 11 is 0. The maximum atomic E-state index is 9.55. The van der Waals surface area contributed by atoms with Gasteiger partial charge >= 0.3 is 0 Å². The third-order valence-electron chi connectivity index (χ3n) is 4.43. The van der Waals surface area contributed by atoms with Gasteiger partial charge in [0.15, 0.2) is 0 Å². The van der Waals surface area contributed by atoms with Gasteiger partial charge in [-0.3, -0.25) is 0 Å². The van der Waals surface area contributed by atoms with Crippen molar-refractivity contribution < 1.29 is 4.74 Å². The first-order valence-corrected chi connectivity index (χ1v) is 8.93. The molecule has 0 N–H and O–H groups in total. The number of fused-ring (bicyclic) bond motifs is 1. The molecule has 0 aliphatic rings. The van der Waals surface area contributed by atoms with Gasteiger partial charge in [0.1, 0.15) is 23.8 Å². The lowest BCUT2D eigenvalue weighted by Crippen LogP contribution is -2.11. The van der Waals surface area contributed by atoms with Crippen molar-refractivity contribution >= 4 is 11.0 Å². The van der Waals surface area contributed by atoms with Gasteiger partial charge in [0, 0.05) is 24.2 Å². The van der Waals surface area contributed by atoms with Gasteiger partial charge < -0.3 is 9.30 Å². The SMILES string of the molecule is CC(C)C[C@@H](C)COc1ccc(-c2ncnc3c2ccn3C)cc1C#N. The fourth-order valence-electron chi connectivity index (χ4n) is 3.30. The number of aryl methyl sites for hydroxylation is 1. The Balaban J connectivity index is 1.88. The van der Waals surface area contributed by atoms with E-state index in [9.17, 15) is 5.26 Å². The molecular formula is C21H24N4O. The number of benzene rings is 1. The maximum absolute atomic E-state index is 9.55. The molecule has 5 heteroatoms. The second-order valence-electron chi connectivity index (χ2n) is 7.25. The zero-order valence-electron chi connectivity index (χ0n) is 15.7. The van der Waals surface area contributed by atoms with Crippen molar-refractivity contribution in [3.05, 3.63) is 42.4 Å². The average molecular weight is 348 g/mol. The number of hydrogen-bond donors (Lipinski definition) is 0. The minimum absolute atomic E-state index is 0.451. The van der Waals surface area contributed by atoms with Crippen LogP contribution in [0.3, 0.4) is 0 Å². The fraction of sp³-hybridized carbons (Fsp3) is 0.381. The minimum Gasteiger partial charge on any atom is -0.492 e. The molecule has 2 aromatic heterocycles. The largest absolute Gasteiger partial charge is 0.492 e. The normalized spacial score (nSPS) is 12.3. The zero-order valence-corrected chi connectivity index (χ0v) is 15.7. The molecule has 0 unspecified atom stereocenters. The van der Waals surface area contributed by atoms with Gasteiger partial charge in [-0.1, -0.05) is 20.8 Å². The molecule has 0 aliphatic carbocycles. The van der Waals surface area contributed by atoms with E-state index in [1.54, 1.807) is 6.33 Å². The number of nitrogens with zero attached hydrogens (tertiary/aromatic N) is 4. The van der Waals surface area contributed by atoms with Crippen LogP contribution >= 0.6 is 0 Å². The molecule has 0 saturated carbocycles. The lowest BCUT2D eigenvalue weighted by Gasteiger charge is -2.16. The first kappa shape index (κ1) is 17.9. The summed E-state index contributed by atoms with van der Waals surface area (Å²) < 4.78 is 7.87. The van der Waals surface area contributed by atoms with E-state index in [1.165, 1.54) is 0 Å². The molecule has 2 heterocycles. The third-order valence-corrected chi connectivity index (χ3v) is 4.43. The Labute approximate surface area is 154 Å². The van der Waals surface area contributed by atoms with Crippen LogP contribution in [0.2, 0.25) is 0 Å². The Morgan fingerprint density at radius 2 is 2.00 bits per heavy atom. The highest BCUT2D eigenvalue weighted by Gasteiger charge is 2.13. The standard InChI is InChI=1S/C21H24N4O/c1-14(2)9-15(3)12-26-19-6-5-16(10-17(19)11-22)20-18-7-8-25(4)21(18)24-13-23-20/h5-8,10,13-15H,9,12H2,1-4H3/t15-/m1/s1. The molecule has 0 fully saturated rings. The molecule has 3 rings (SSSR count). The van der Waals surface area contributed by atoms with Gasteiger partial charge in [-0.2, -0.15) is 5.26 Å². The number of hydrogen-bond acceptors (Lipinski definition) is 4. The van der Waals surface area contributed by atoms with Crippen LogP contribution < -0.4 is 4.74 Å². The van der Waals surface area contributed by atoms with Crippen molar-refractivity contribution in [2.45, 2.75) is 27.2 Å². The number of nitriles is 1. The van der Waals surface area contributed by atoms with E-state index in [2.05, 4.69) is 36.8 Å². The van der Waals surface area contributed by atoms with Crippen LogP contribution in [0.1, 0.15) is 32.8 Å². The van der Waals surface area contributed by atoms with Gasteiger partial charge in [0.05, 0.1) is 17.9 Å². The van der Waals surface area contributed by atoms with E-state index in [0.29, 0.717) is 29.8 Å². The summed E-state index contributed by atoms with van der Waals surface area (Å²) in [6.07, 6.45) is 4.62. The highest BCUT2D eigenvalue weighted by molar-refractivity contribution is 5.91. The van der Waals surface area contributed by atoms with E-state index in [-0.39, 0.29) is 0 Å². The summed E-state index contributed by atoms with van der Waals surface area (Å²) in [5.74, 6) is 1.72. The topological polar surface area (TPSA) is 63.7 Å². The van der Waals surface area contributed by atoms with Crippen molar-refractivity contribution in [3.8, 4) is 23.1 Å². The van der Waals surface area contributed by atoms with Crippen LogP contribution in [-0.2, 0) is 7.05 Å². The van der Waals surface area contributed by atoms with Crippen LogP contribution in [-0.4, -0.2) is 21.1 Å². The molecule has 0 amide bonds. The van der Waals surface area contributed by atoms with Crippen molar-refractivity contribution in [1.29, 1.82) is 5.26 Å². The number of rotatable bonds is 6. The highest BCUT2D eigenvalue weighted by Crippen LogP contribution is 2.30. The van der Waals surface area contributed by atoms with Gasteiger partial charge in [0.25, 0.3) is 0 Å². The zero-order chi connectivity index (χ0) is 18.7. The van der Waals surface area contributed by atoms with Crippen LogP contribution in [0.5, 0.6) is 5.75 Å². The predicted molar refractivity (Wildman–Crippen MR) is 103 cm³/mol. The first-order chi connectivity index (χ1) is 12.5. The van der Waals surface area contributed by atoms with Gasteiger partial charge in [-0.15, -0.1) is 0 Å². The second-order valence-corrected chi connectivity index (χ2v) is 7.25. The van der Waals surface area contributed by atoms with Gasteiger partial charge in [-0.25, -0.2) is 9.97 Å². The Morgan fingerprint density at radius 3 is 2.73 bits per heavy atom. The molecule has 0 spiro atoms. The van der Waals surface area contributed by atoms with E-state index in [1.807, 2.05) is 42.1 Å². The minimum atomic E-state index is 0.451. The Bertz CT molecular complexity index is 952. The Kier molecular flexibility index (Phi) is 5.22. The molecule has 0 bridgehead atoms. The monoisotopic (exact) mass is 348 g/mol. The molecule has 0 aliphatic heterocycles. The molecule has 1 aromatic carbocycles.